The summed E-state index contributed by atoms with van der Waals surface area (Å²) in [6.45, 7) is 7.10. The van der Waals surface area contributed by atoms with Crippen molar-refractivity contribution < 1.29 is 14.3 Å². The van der Waals surface area contributed by atoms with E-state index in [1.807, 2.05) is 17.9 Å². The van der Waals surface area contributed by atoms with Crippen molar-refractivity contribution in [3.63, 3.8) is 0 Å². The molecule has 0 saturated carbocycles. The lowest BCUT2D eigenvalue weighted by Crippen LogP contribution is -2.43. The molecule has 23 heavy (non-hydrogen) atoms. The smallest absolute Gasteiger partial charge is 0.231 e. The number of morpholine rings is 2. The summed E-state index contributed by atoms with van der Waals surface area (Å²) in [6, 6.07) is 1.98. The summed E-state index contributed by atoms with van der Waals surface area (Å²) in [7, 11) is 0. The molecular formula is C15H23N5O3. The van der Waals surface area contributed by atoms with E-state index in [-0.39, 0.29) is 18.6 Å². The van der Waals surface area contributed by atoms with Gasteiger partial charge in [0.15, 0.2) is 0 Å². The molecule has 2 N–H and O–H groups in total. The molecule has 2 aliphatic heterocycles. The highest BCUT2D eigenvalue weighted by atomic mass is 16.5. The summed E-state index contributed by atoms with van der Waals surface area (Å²) in [5, 5.41) is 0. The van der Waals surface area contributed by atoms with Gasteiger partial charge in [0.25, 0.3) is 0 Å². The van der Waals surface area contributed by atoms with Crippen LogP contribution in [0.25, 0.3) is 0 Å². The number of aryl methyl sites for hydroxylation is 1. The van der Waals surface area contributed by atoms with Gasteiger partial charge >= 0.3 is 0 Å². The molecule has 2 saturated heterocycles. The predicted octanol–water partition coefficient (Wildman–Crippen LogP) is -0.520. The molecule has 8 nitrogen and oxygen atoms in total. The molecule has 3 heterocycles. The summed E-state index contributed by atoms with van der Waals surface area (Å²) < 4.78 is 11.2. The van der Waals surface area contributed by atoms with E-state index >= 15 is 0 Å². The first-order valence-corrected chi connectivity index (χ1v) is 7.92. The van der Waals surface area contributed by atoms with Crippen LogP contribution in [-0.2, 0) is 14.3 Å². The van der Waals surface area contributed by atoms with Crippen LogP contribution in [0.1, 0.15) is 17.6 Å². The number of ether oxygens (including phenoxy) is 2. The summed E-state index contributed by atoms with van der Waals surface area (Å²) in [4.78, 5) is 24.4. The minimum Gasteiger partial charge on any atom is -0.378 e. The van der Waals surface area contributed by atoms with Crippen molar-refractivity contribution in [3.8, 4) is 0 Å². The summed E-state index contributed by atoms with van der Waals surface area (Å²) >= 11 is 0. The van der Waals surface area contributed by atoms with E-state index in [0.717, 1.165) is 30.4 Å². The Kier molecular flexibility index (Phi) is 5.04. The third-order valence-electron chi connectivity index (χ3n) is 4.04. The number of nitrogens with two attached hydrogens (primary N) is 1. The van der Waals surface area contributed by atoms with E-state index in [1.54, 1.807) is 0 Å². The van der Waals surface area contributed by atoms with Crippen molar-refractivity contribution in [2.45, 2.75) is 13.0 Å². The third-order valence-corrected chi connectivity index (χ3v) is 4.04. The number of anilines is 1. The van der Waals surface area contributed by atoms with Gasteiger partial charge in [0.2, 0.25) is 5.91 Å². The quantitative estimate of drug-likeness (QED) is 0.797. The summed E-state index contributed by atoms with van der Waals surface area (Å²) in [5.74, 6) is 1.31. The molecule has 1 atom stereocenters. The standard InChI is InChI=1S/C15H23N5O3/c1-11-17-12(8-15(18-11)20-3-5-22-6-4-20)13-9-19(2-7-23-13)10-14(16)21/h8,13H,2-7,9-10H2,1H3,(H2,16,21)/t13-/m0/s1. The number of aromatic nitrogens is 2. The number of carbonyl (C=O) groups excluding carboxylic acids is 1. The Morgan fingerprint density at radius 2 is 2.09 bits per heavy atom. The highest BCUT2D eigenvalue weighted by Gasteiger charge is 2.25. The molecule has 0 bridgehead atoms. The fraction of sp³-hybridized carbons (Fsp3) is 0.667. The monoisotopic (exact) mass is 321 g/mol. The molecular weight excluding hydrogens is 298 g/mol. The first-order valence-electron chi connectivity index (χ1n) is 7.92. The number of primary amides is 1. The van der Waals surface area contributed by atoms with Gasteiger partial charge < -0.3 is 20.1 Å². The third kappa shape index (κ3) is 4.15. The zero-order valence-corrected chi connectivity index (χ0v) is 13.4. The summed E-state index contributed by atoms with van der Waals surface area (Å²) in [6.07, 6.45) is -0.162. The van der Waals surface area contributed by atoms with Crippen LogP contribution < -0.4 is 10.6 Å². The maximum atomic E-state index is 11.1. The Hall–Kier alpha value is -1.77. The second kappa shape index (κ2) is 7.20. The normalized spacial score (nSPS) is 23.0. The van der Waals surface area contributed by atoms with Gasteiger partial charge in [-0.15, -0.1) is 0 Å². The van der Waals surface area contributed by atoms with E-state index in [9.17, 15) is 4.79 Å². The van der Waals surface area contributed by atoms with Crippen molar-refractivity contribution in [1.82, 2.24) is 14.9 Å². The molecule has 0 spiro atoms. The minimum atomic E-state index is -0.321. The van der Waals surface area contributed by atoms with Crippen molar-refractivity contribution in [2.75, 3.05) is 57.4 Å². The Balaban J connectivity index is 1.76. The number of hydrogen-bond donors (Lipinski definition) is 1. The first kappa shape index (κ1) is 16.1. The van der Waals surface area contributed by atoms with Gasteiger partial charge in [-0.3, -0.25) is 9.69 Å². The van der Waals surface area contributed by atoms with E-state index in [4.69, 9.17) is 15.2 Å². The number of nitrogens with zero attached hydrogens (tertiary/aromatic N) is 4. The highest BCUT2D eigenvalue weighted by molar-refractivity contribution is 5.75. The van der Waals surface area contributed by atoms with Crippen molar-refractivity contribution in [2.24, 2.45) is 5.73 Å². The van der Waals surface area contributed by atoms with Crippen LogP contribution in [0.5, 0.6) is 0 Å². The van der Waals surface area contributed by atoms with Crippen molar-refractivity contribution in [3.05, 3.63) is 17.6 Å². The number of carbonyl (C=O) groups is 1. The zero-order valence-electron chi connectivity index (χ0n) is 13.4. The number of hydrogen-bond acceptors (Lipinski definition) is 7. The average molecular weight is 321 g/mol. The first-order chi connectivity index (χ1) is 11.1. The second-order valence-corrected chi connectivity index (χ2v) is 5.86. The Labute approximate surface area is 135 Å². The molecule has 8 heteroatoms. The van der Waals surface area contributed by atoms with Crippen LogP contribution in [0.2, 0.25) is 0 Å². The topological polar surface area (TPSA) is 93.8 Å². The van der Waals surface area contributed by atoms with Crippen LogP contribution in [0.15, 0.2) is 6.07 Å². The Morgan fingerprint density at radius 1 is 1.30 bits per heavy atom. The molecule has 0 radical (unpaired) electrons. The van der Waals surface area contributed by atoms with Gasteiger partial charge in [-0.2, -0.15) is 0 Å². The SMILES string of the molecule is Cc1nc([C@@H]2CN(CC(N)=O)CCO2)cc(N2CCOCC2)n1. The molecule has 2 aliphatic rings. The van der Waals surface area contributed by atoms with Gasteiger partial charge in [-0.25, -0.2) is 9.97 Å². The fourth-order valence-electron chi connectivity index (χ4n) is 2.94. The molecule has 0 unspecified atom stereocenters. The molecule has 126 valence electrons. The van der Waals surface area contributed by atoms with Crippen LogP contribution in [0, 0.1) is 6.92 Å². The van der Waals surface area contributed by atoms with E-state index < -0.39 is 0 Å². The lowest BCUT2D eigenvalue weighted by molar-refractivity contribution is -0.121. The fourth-order valence-corrected chi connectivity index (χ4v) is 2.94. The van der Waals surface area contributed by atoms with Crippen molar-refractivity contribution in [1.29, 1.82) is 0 Å². The Bertz CT molecular complexity index is 562. The van der Waals surface area contributed by atoms with Gasteiger partial charge in [0, 0.05) is 32.2 Å². The maximum absolute atomic E-state index is 11.1. The van der Waals surface area contributed by atoms with Crippen LogP contribution >= 0.6 is 0 Å². The predicted molar refractivity (Wildman–Crippen MR) is 84.1 cm³/mol. The number of amides is 1. The molecule has 3 rings (SSSR count). The minimum absolute atomic E-state index is 0.162. The largest absolute Gasteiger partial charge is 0.378 e. The molecule has 0 aliphatic carbocycles. The van der Waals surface area contributed by atoms with E-state index in [0.29, 0.717) is 32.9 Å². The van der Waals surface area contributed by atoms with Crippen LogP contribution in [0.4, 0.5) is 5.82 Å². The van der Waals surface area contributed by atoms with Gasteiger partial charge in [0.1, 0.15) is 17.7 Å². The molecule has 1 aromatic rings. The lowest BCUT2D eigenvalue weighted by atomic mass is 10.2. The second-order valence-electron chi connectivity index (χ2n) is 5.86. The van der Waals surface area contributed by atoms with Crippen molar-refractivity contribution >= 4 is 11.7 Å². The van der Waals surface area contributed by atoms with Crippen LogP contribution in [0.3, 0.4) is 0 Å². The van der Waals surface area contributed by atoms with Gasteiger partial charge in [0.05, 0.1) is 32.1 Å². The van der Waals surface area contributed by atoms with Gasteiger partial charge in [-0.05, 0) is 6.92 Å². The Morgan fingerprint density at radius 3 is 2.83 bits per heavy atom. The maximum Gasteiger partial charge on any atom is 0.231 e. The summed E-state index contributed by atoms with van der Waals surface area (Å²) in [5.41, 5.74) is 6.14. The van der Waals surface area contributed by atoms with Gasteiger partial charge in [-0.1, -0.05) is 0 Å². The lowest BCUT2D eigenvalue weighted by Gasteiger charge is -2.33. The van der Waals surface area contributed by atoms with Crippen LogP contribution in [-0.4, -0.2) is 73.3 Å². The molecule has 1 aromatic heterocycles. The van der Waals surface area contributed by atoms with E-state index in [1.165, 1.54) is 0 Å². The highest BCUT2D eigenvalue weighted by Crippen LogP contribution is 2.24. The number of rotatable bonds is 4. The molecule has 0 aromatic carbocycles. The molecule has 1 amide bonds. The zero-order chi connectivity index (χ0) is 16.2. The molecule has 2 fully saturated rings. The average Bonchev–Trinajstić information content (AvgIpc) is 2.55. The van der Waals surface area contributed by atoms with E-state index in [2.05, 4.69) is 14.9 Å².